The lowest BCUT2D eigenvalue weighted by atomic mass is 9.96. The van der Waals surface area contributed by atoms with E-state index in [9.17, 15) is 9.59 Å². The van der Waals surface area contributed by atoms with Gasteiger partial charge in [0.25, 0.3) is 0 Å². The van der Waals surface area contributed by atoms with Crippen molar-refractivity contribution in [2.45, 2.75) is 32.2 Å². The normalized spacial score (nSPS) is 19.1. The van der Waals surface area contributed by atoms with Crippen LogP contribution in [0.3, 0.4) is 0 Å². The van der Waals surface area contributed by atoms with Crippen LogP contribution in [-0.4, -0.2) is 30.4 Å². The number of hydrogen-bond acceptors (Lipinski definition) is 3. The smallest absolute Gasteiger partial charge is 0.240 e. The van der Waals surface area contributed by atoms with Crippen LogP contribution < -0.4 is 16.4 Å². The number of likely N-dealkylation sites (N-methyl/N-ethyl adjacent to an activating group) is 1. The van der Waals surface area contributed by atoms with E-state index in [2.05, 4.69) is 10.6 Å². The summed E-state index contributed by atoms with van der Waals surface area (Å²) in [5.41, 5.74) is 5.06. The van der Waals surface area contributed by atoms with Gasteiger partial charge in [-0.3, -0.25) is 9.59 Å². The molecule has 0 radical (unpaired) electrons. The molecule has 0 aromatic carbocycles. The Morgan fingerprint density at radius 2 is 2.00 bits per heavy atom. The molecule has 1 unspecified atom stereocenters. The lowest BCUT2D eigenvalue weighted by molar-refractivity contribution is -0.129. The Bertz CT molecular complexity index is 259. The third-order valence-corrected chi connectivity index (χ3v) is 2.70. The van der Waals surface area contributed by atoms with Crippen LogP contribution in [0.2, 0.25) is 0 Å². The molecule has 0 aliphatic heterocycles. The maximum absolute atomic E-state index is 11.6. The molecular formula is C10H19N3O2. The molecule has 0 bridgehead atoms. The Morgan fingerprint density at radius 3 is 2.47 bits per heavy atom. The third kappa shape index (κ3) is 3.20. The molecule has 0 spiro atoms. The van der Waals surface area contributed by atoms with Crippen LogP contribution in [0.15, 0.2) is 0 Å². The van der Waals surface area contributed by atoms with Crippen LogP contribution in [0.4, 0.5) is 0 Å². The number of carbonyl (C=O) groups is 2. The third-order valence-electron chi connectivity index (χ3n) is 2.70. The summed E-state index contributed by atoms with van der Waals surface area (Å²) in [6.07, 6.45) is 2.00. The summed E-state index contributed by atoms with van der Waals surface area (Å²) >= 11 is 0. The van der Waals surface area contributed by atoms with Crippen molar-refractivity contribution in [3.05, 3.63) is 0 Å². The van der Waals surface area contributed by atoms with E-state index in [4.69, 9.17) is 5.73 Å². The Morgan fingerprint density at radius 1 is 1.40 bits per heavy atom. The van der Waals surface area contributed by atoms with Gasteiger partial charge in [-0.15, -0.1) is 0 Å². The average Bonchev–Trinajstić information content (AvgIpc) is 2.97. The zero-order valence-corrected chi connectivity index (χ0v) is 9.30. The minimum absolute atomic E-state index is 0.00613. The van der Waals surface area contributed by atoms with Crippen molar-refractivity contribution in [3.63, 3.8) is 0 Å². The highest BCUT2D eigenvalue weighted by atomic mass is 16.2. The summed E-state index contributed by atoms with van der Waals surface area (Å²) in [6, 6.07) is 0. The molecule has 0 aromatic rings. The molecule has 4 N–H and O–H groups in total. The van der Waals surface area contributed by atoms with Crippen LogP contribution in [0.1, 0.15) is 26.7 Å². The molecule has 15 heavy (non-hydrogen) atoms. The predicted molar refractivity (Wildman–Crippen MR) is 57.0 cm³/mol. The Labute approximate surface area is 89.8 Å². The van der Waals surface area contributed by atoms with Gasteiger partial charge in [0, 0.05) is 6.54 Å². The van der Waals surface area contributed by atoms with Crippen LogP contribution in [0, 0.1) is 5.92 Å². The van der Waals surface area contributed by atoms with E-state index in [1.54, 1.807) is 6.92 Å². The molecule has 86 valence electrons. The minimum atomic E-state index is -0.827. The van der Waals surface area contributed by atoms with Crippen LogP contribution in [0.5, 0.6) is 0 Å². The first-order valence-electron chi connectivity index (χ1n) is 5.32. The molecule has 0 saturated heterocycles. The van der Waals surface area contributed by atoms with Gasteiger partial charge in [-0.05, 0) is 32.6 Å². The van der Waals surface area contributed by atoms with Gasteiger partial charge in [0.15, 0.2) is 0 Å². The van der Waals surface area contributed by atoms with E-state index in [0.717, 1.165) is 12.8 Å². The number of carbonyl (C=O) groups excluding carboxylic acids is 2. The predicted octanol–water partition coefficient (Wildman–Crippen LogP) is -0.634. The second-order valence-corrected chi connectivity index (χ2v) is 4.19. The summed E-state index contributed by atoms with van der Waals surface area (Å²) in [6.45, 7) is 4.12. The maximum Gasteiger partial charge on any atom is 0.240 e. The fourth-order valence-electron chi connectivity index (χ4n) is 1.48. The van der Waals surface area contributed by atoms with Crippen molar-refractivity contribution < 1.29 is 9.59 Å². The van der Waals surface area contributed by atoms with Gasteiger partial charge in [0.2, 0.25) is 11.8 Å². The van der Waals surface area contributed by atoms with Crippen LogP contribution in [0.25, 0.3) is 0 Å². The number of amides is 2. The summed E-state index contributed by atoms with van der Waals surface area (Å²) in [5.74, 6) is -0.152. The fourth-order valence-corrected chi connectivity index (χ4v) is 1.48. The van der Waals surface area contributed by atoms with Gasteiger partial charge < -0.3 is 16.4 Å². The van der Waals surface area contributed by atoms with E-state index in [0.29, 0.717) is 6.54 Å². The summed E-state index contributed by atoms with van der Waals surface area (Å²) in [4.78, 5) is 22.7. The number of rotatable bonds is 5. The average molecular weight is 213 g/mol. The summed E-state index contributed by atoms with van der Waals surface area (Å²) < 4.78 is 0. The van der Waals surface area contributed by atoms with Gasteiger partial charge >= 0.3 is 0 Å². The van der Waals surface area contributed by atoms with E-state index in [1.807, 2.05) is 6.92 Å². The van der Waals surface area contributed by atoms with Gasteiger partial charge in [-0.1, -0.05) is 0 Å². The lowest BCUT2D eigenvalue weighted by Crippen LogP contribution is -2.54. The lowest BCUT2D eigenvalue weighted by Gasteiger charge is -2.22. The number of nitrogens with one attached hydrogen (secondary N) is 2. The summed E-state index contributed by atoms with van der Waals surface area (Å²) in [7, 11) is 0. The number of hydrogen-bond donors (Lipinski definition) is 3. The highest BCUT2D eigenvalue weighted by molar-refractivity contribution is 5.90. The Balaban J connectivity index is 2.32. The SMILES string of the molecule is CCNC(=O)CNC(=O)C(C)(N)C1CC1. The monoisotopic (exact) mass is 213 g/mol. The van der Waals surface area contributed by atoms with E-state index in [1.165, 1.54) is 0 Å². The van der Waals surface area contributed by atoms with Gasteiger partial charge in [0.05, 0.1) is 12.1 Å². The highest BCUT2D eigenvalue weighted by Gasteiger charge is 2.43. The Hall–Kier alpha value is -1.10. The topological polar surface area (TPSA) is 84.2 Å². The van der Waals surface area contributed by atoms with Crippen LogP contribution >= 0.6 is 0 Å². The van der Waals surface area contributed by atoms with Crippen molar-refractivity contribution in [1.29, 1.82) is 0 Å². The first-order chi connectivity index (χ1) is 6.98. The van der Waals surface area contributed by atoms with Gasteiger partial charge in [-0.2, -0.15) is 0 Å². The maximum atomic E-state index is 11.6. The fraction of sp³-hybridized carbons (Fsp3) is 0.800. The molecule has 1 rings (SSSR count). The van der Waals surface area contributed by atoms with E-state index < -0.39 is 5.54 Å². The molecular weight excluding hydrogens is 194 g/mol. The molecule has 1 atom stereocenters. The quantitative estimate of drug-likeness (QED) is 0.568. The standard InChI is InChI=1S/C10H19N3O2/c1-3-12-8(14)6-13-9(15)10(2,11)7-4-5-7/h7H,3-6,11H2,1-2H3,(H,12,14)(H,13,15). The molecule has 0 heterocycles. The van der Waals surface area contributed by atoms with Crippen molar-refractivity contribution in [2.24, 2.45) is 11.7 Å². The molecule has 0 aromatic heterocycles. The van der Waals surface area contributed by atoms with Crippen molar-refractivity contribution >= 4 is 11.8 Å². The van der Waals surface area contributed by atoms with Crippen molar-refractivity contribution in [2.75, 3.05) is 13.1 Å². The Kier molecular flexibility index (Phi) is 3.68. The molecule has 5 nitrogen and oxygen atoms in total. The highest BCUT2D eigenvalue weighted by Crippen LogP contribution is 2.37. The first kappa shape index (κ1) is 12.0. The largest absolute Gasteiger partial charge is 0.355 e. The minimum Gasteiger partial charge on any atom is -0.355 e. The molecule has 1 fully saturated rings. The molecule has 5 heteroatoms. The molecule has 1 aliphatic carbocycles. The molecule has 1 saturated carbocycles. The second kappa shape index (κ2) is 4.61. The van der Waals surface area contributed by atoms with Crippen LogP contribution in [-0.2, 0) is 9.59 Å². The number of nitrogens with two attached hydrogens (primary N) is 1. The summed E-state index contributed by atoms with van der Waals surface area (Å²) in [5, 5.41) is 5.16. The molecule has 1 aliphatic rings. The first-order valence-corrected chi connectivity index (χ1v) is 5.32. The van der Waals surface area contributed by atoms with Gasteiger partial charge in [-0.25, -0.2) is 0 Å². The van der Waals surface area contributed by atoms with Crippen molar-refractivity contribution in [3.8, 4) is 0 Å². The van der Waals surface area contributed by atoms with E-state index in [-0.39, 0.29) is 24.3 Å². The van der Waals surface area contributed by atoms with Crippen molar-refractivity contribution in [1.82, 2.24) is 10.6 Å². The molecule has 2 amide bonds. The second-order valence-electron chi connectivity index (χ2n) is 4.19. The van der Waals surface area contributed by atoms with Gasteiger partial charge in [0.1, 0.15) is 0 Å². The zero-order valence-electron chi connectivity index (χ0n) is 9.30. The van der Waals surface area contributed by atoms with E-state index >= 15 is 0 Å². The zero-order chi connectivity index (χ0) is 11.5.